The van der Waals surface area contributed by atoms with Crippen molar-refractivity contribution in [3.05, 3.63) is 11.6 Å². The molecule has 2 nitrogen and oxygen atoms in total. The fourth-order valence-electron chi connectivity index (χ4n) is 1.98. The molecular formula is C12H24N2S. The molecule has 2 atom stereocenters. The van der Waals surface area contributed by atoms with Crippen molar-refractivity contribution in [1.29, 1.82) is 0 Å². The predicted octanol–water partition coefficient (Wildman–Crippen LogP) is 1.98. The van der Waals surface area contributed by atoms with E-state index < -0.39 is 0 Å². The molecule has 1 aliphatic heterocycles. The number of hydrogen-bond acceptors (Lipinski definition) is 3. The number of allylic oxidation sites excluding steroid dienone is 1. The summed E-state index contributed by atoms with van der Waals surface area (Å²) in [4.78, 5) is 2.49. The Kier molecular flexibility index (Phi) is 5.72. The molecule has 3 heteroatoms. The maximum Gasteiger partial charge on any atom is 0.0417 e. The third-order valence-electron chi connectivity index (χ3n) is 2.81. The Morgan fingerprint density at radius 1 is 1.60 bits per heavy atom. The third-order valence-corrected chi connectivity index (χ3v) is 3.86. The van der Waals surface area contributed by atoms with Gasteiger partial charge < -0.3 is 5.32 Å². The van der Waals surface area contributed by atoms with Crippen LogP contribution < -0.4 is 5.32 Å². The Morgan fingerprint density at radius 3 is 2.87 bits per heavy atom. The van der Waals surface area contributed by atoms with Crippen LogP contribution in [0.5, 0.6) is 0 Å². The molecule has 1 heterocycles. The molecule has 0 bridgehead atoms. The number of hydrogen-bond donors (Lipinski definition) is 1. The lowest BCUT2D eigenvalue weighted by Crippen LogP contribution is -2.52. The summed E-state index contributed by atoms with van der Waals surface area (Å²) in [6, 6.07) is 1.16. The SMILES string of the molecule is CCNC(C=C(C)C)C1CSCCN1C. The first-order valence-electron chi connectivity index (χ1n) is 5.81. The molecule has 0 amide bonds. The zero-order valence-corrected chi connectivity index (χ0v) is 11.2. The zero-order valence-electron chi connectivity index (χ0n) is 10.4. The molecular weight excluding hydrogens is 204 g/mol. The van der Waals surface area contributed by atoms with Crippen LogP contribution in [0.15, 0.2) is 11.6 Å². The van der Waals surface area contributed by atoms with E-state index in [-0.39, 0.29) is 0 Å². The molecule has 15 heavy (non-hydrogen) atoms. The van der Waals surface area contributed by atoms with Crippen LogP contribution in [0, 0.1) is 0 Å². The van der Waals surface area contributed by atoms with Gasteiger partial charge in [0.2, 0.25) is 0 Å². The second-order valence-corrected chi connectivity index (χ2v) is 5.60. The molecule has 0 radical (unpaired) electrons. The van der Waals surface area contributed by atoms with E-state index >= 15 is 0 Å². The molecule has 1 aliphatic rings. The van der Waals surface area contributed by atoms with Crippen molar-refractivity contribution in [3.63, 3.8) is 0 Å². The molecule has 0 aromatic carbocycles. The summed E-state index contributed by atoms with van der Waals surface area (Å²) in [7, 11) is 2.24. The van der Waals surface area contributed by atoms with E-state index in [9.17, 15) is 0 Å². The lowest BCUT2D eigenvalue weighted by Gasteiger charge is -2.37. The first-order valence-corrected chi connectivity index (χ1v) is 6.97. The maximum atomic E-state index is 3.58. The summed E-state index contributed by atoms with van der Waals surface area (Å²) in [5.41, 5.74) is 1.41. The highest BCUT2D eigenvalue weighted by atomic mass is 32.2. The molecule has 0 aromatic heterocycles. The molecule has 1 N–H and O–H groups in total. The van der Waals surface area contributed by atoms with Gasteiger partial charge in [-0.2, -0.15) is 11.8 Å². The monoisotopic (exact) mass is 228 g/mol. The van der Waals surface area contributed by atoms with Crippen molar-refractivity contribution < 1.29 is 0 Å². The van der Waals surface area contributed by atoms with E-state index in [1.54, 1.807) is 0 Å². The zero-order chi connectivity index (χ0) is 11.3. The smallest absolute Gasteiger partial charge is 0.0417 e. The summed E-state index contributed by atoms with van der Waals surface area (Å²) in [5.74, 6) is 2.53. The van der Waals surface area contributed by atoms with Crippen LogP contribution in [0.1, 0.15) is 20.8 Å². The van der Waals surface area contributed by atoms with E-state index in [2.05, 4.69) is 55.9 Å². The van der Waals surface area contributed by atoms with Gasteiger partial charge in [-0.15, -0.1) is 0 Å². The number of rotatable bonds is 4. The van der Waals surface area contributed by atoms with Crippen LogP contribution in [0.2, 0.25) is 0 Å². The minimum absolute atomic E-state index is 0.512. The van der Waals surface area contributed by atoms with Crippen molar-refractivity contribution in [2.45, 2.75) is 32.9 Å². The Balaban J connectivity index is 2.64. The molecule has 88 valence electrons. The van der Waals surface area contributed by atoms with Crippen molar-refractivity contribution in [2.75, 3.05) is 31.6 Å². The molecule has 0 aromatic rings. The summed E-state index contributed by atoms with van der Waals surface area (Å²) in [6.07, 6.45) is 2.37. The second-order valence-electron chi connectivity index (χ2n) is 4.45. The molecule has 1 fully saturated rings. The fraction of sp³-hybridized carbons (Fsp3) is 0.833. The van der Waals surface area contributed by atoms with Gasteiger partial charge in [-0.1, -0.05) is 18.6 Å². The normalized spacial score (nSPS) is 24.9. The number of thioether (sulfide) groups is 1. The van der Waals surface area contributed by atoms with E-state index in [4.69, 9.17) is 0 Å². The predicted molar refractivity (Wildman–Crippen MR) is 70.6 cm³/mol. The van der Waals surface area contributed by atoms with Crippen LogP contribution in [-0.2, 0) is 0 Å². The van der Waals surface area contributed by atoms with Gasteiger partial charge in [0.15, 0.2) is 0 Å². The molecule has 1 rings (SSSR count). The van der Waals surface area contributed by atoms with Gasteiger partial charge in [-0.25, -0.2) is 0 Å². The number of nitrogens with one attached hydrogen (secondary N) is 1. The topological polar surface area (TPSA) is 15.3 Å². The van der Waals surface area contributed by atoms with Gasteiger partial charge in [0.05, 0.1) is 0 Å². The van der Waals surface area contributed by atoms with Crippen LogP contribution in [0.25, 0.3) is 0 Å². The average molecular weight is 228 g/mol. The molecule has 2 unspecified atom stereocenters. The minimum atomic E-state index is 0.512. The van der Waals surface area contributed by atoms with Gasteiger partial charge in [0.1, 0.15) is 0 Å². The minimum Gasteiger partial charge on any atom is -0.309 e. The fourth-order valence-corrected chi connectivity index (χ4v) is 3.27. The van der Waals surface area contributed by atoms with E-state index in [0.29, 0.717) is 12.1 Å². The summed E-state index contributed by atoms with van der Waals surface area (Å²) in [5, 5.41) is 3.58. The number of likely N-dealkylation sites (N-methyl/N-ethyl adjacent to an activating group) is 2. The first kappa shape index (κ1) is 13.1. The molecule has 0 saturated carbocycles. The quantitative estimate of drug-likeness (QED) is 0.741. The lowest BCUT2D eigenvalue weighted by atomic mass is 10.1. The van der Waals surface area contributed by atoms with Crippen LogP contribution >= 0.6 is 11.8 Å². The summed E-state index contributed by atoms with van der Waals surface area (Å²) >= 11 is 2.08. The third kappa shape index (κ3) is 4.17. The highest BCUT2D eigenvalue weighted by molar-refractivity contribution is 7.99. The van der Waals surface area contributed by atoms with Crippen LogP contribution in [0.4, 0.5) is 0 Å². The van der Waals surface area contributed by atoms with E-state index in [0.717, 1.165) is 6.54 Å². The van der Waals surface area contributed by atoms with Gasteiger partial charge in [0, 0.05) is 30.1 Å². The largest absolute Gasteiger partial charge is 0.309 e. The summed E-state index contributed by atoms with van der Waals surface area (Å²) < 4.78 is 0. The van der Waals surface area contributed by atoms with Crippen LogP contribution in [0.3, 0.4) is 0 Å². The standard InChI is InChI=1S/C12H24N2S/c1-5-13-11(8-10(2)3)12-9-15-7-6-14(12)4/h8,11-13H,5-7,9H2,1-4H3. The van der Waals surface area contributed by atoms with E-state index in [1.165, 1.54) is 23.6 Å². The summed E-state index contributed by atoms with van der Waals surface area (Å²) in [6.45, 7) is 8.81. The Morgan fingerprint density at radius 2 is 2.33 bits per heavy atom. The average Bonchev–Trinajstić information content (AvgIpc) is 2.17. The molecule has 0 spiro atoms. The van der Waals surface area contributed by atoms with Gasteiger partial charge in [-0.05, 0) is 27.4 Å². The van der Waals surface area contributed by atoms with Crippen LogP contribution in [-0.4, -0.2) is 48.6 Å². The number of nitrogens with zero attached hydrogens (tertiary/aromatic N) is 1. The van der Waals surface area contributed by atoms with Crippen molar-refractivity contribution >= 4 is 11.8 Å². The van der Waals surface area contributed by atoms with Gasteiger partial charge in [-0.3, -0.25) is 4.90 Å². The Labute approximate surface area is 98.5 Å². The van der Waals surface area contributed by atoms with Gasteiger partial charge in [0.25, 0.3) is 0 Å². The maximum absolute atomic E-state index is 3.58. The highest BCUT2D eigenvalue weighted by Crippen LogP contribution is 2.18. The molecule has 1 saturated heterocycles. The Bertz CT molecular complexity index is 212. The molecule has 0 aliphatic carbocycles. The Hall–Kier alpha value is 0.01000. The second kappa shape index (κ2) is 6.56. The van der Waals surface area contributed by atoms with E-state index in [1.807, 2.05) is 0 Å². The van der Waals surface area contributed by atoms with Gasteiger partial charge >= 0.3 is 0 Å². The van der Waals surface area contributed by atoms with Crippen molar-refractivity contribution in [3.8, 4) is 0 Å². The van der Waals surface area contributed by atoms with Crippen molar-refractivity contribution in [1.82, 2.24) is 10.2 Å². The lowest BCUT2D eigenvalue weighted by molar-refractivity contribution is 0.236. The highest BCUT2D eigenvalue weighted by Gasteiger charge is 2.25. The first-order chi connectivity index (χ1) is 7.15. The van der Waals surface area contributed by atoms with Crippen molar-refractivity contribution in [2.24, 2.45) is 0 Å².